The van der Waals surface area contributed by atoms with Crippen molar-refractivity contribution in [3.05, 3.63) is 29.3 Å². The fourth-order valence-corrected chi connectivity index (χ4v) is 3.25. The number of anilines is 1. The van der Waals surface area contributed by atoms with E-state index in [4.69, 9.17) is 0 Å². The summed E-state index contributed by atoms with van der Waals surface area (Å²) in [6.07, 6.45) is 0. The lowest BCUT2D eigenvalue weighted by Crippen LogP contribution is -2.11. The normalized spacial score (nSPS) is 11.3. The quantitative estimate of drug-likeness (QED) is 0.852. The topological polar surface area (TPSA) is 52.9 Å². The molecule has 4 heteroatoms. The second kappa shape index (κ2) is 4.67. The minimum absolute atomic E-state index is 0.0420. The average Bonchev–Trinajstić information content (AvgIpc) is 2.63. The van der Waals surface area contributed by atoms with E-state index in [0.29, 0.717) is 10.6 Å². The molecule has 0 atom stereocenters. The zero-order chi connectivity index (χ0) is 14.2. The largest absolute Gasteiger partial charge is 0.317 e. The fourth-order valence-electron chi connectivity index (χ4n) is 2.13. The summed E-state index contributed by atoms with van der Waals surface area (Å²) in [7, 11) is 0. The maximum atomic E-state index is 11.2. The van der Waals surface area contributed by atoms with Crippen molar-refractivity contribution in [1.29, 1.82) is 5.26 Å². The maximum absolute atomic E-state index is 11.2. The molecule has 0 aliphatic carbocycles. The van der Waals surface area contributed by atoms with Gasteiger partial charge in [-0.2, -0.15) is 5.26 Å². The van der Waals surface area contributed by atoms with Gasteiger partial charge in [-0.25, -0.2) is 0 Å². The Bertz CT molecular complexity index is 686. The van der Waals surface area contributed by atoms with Gasteiger partial charge in [-0.1, -0.05) is 32.9 Å². The highest BCUT2D eigenvalue weighted by atomic mass is 32.1. The monoisotopic (exact) mass is 272 g/mol. The summed E-state index contributed by atoms with van der Waals surface area (Å²) in [4.78, 5) is 11.2. The Morgan fingerprint density at radius 1 is 1.37 bits per heavy atom. The van der Waals surface area contributed by atoms with Crippen molar-refractivity contribution in [2.75, 3.05) is 5.32 Å². The number of amides is 1. The third kappa shape index (κ3) is 2.47. The first-order valence-corrected chi connectivity index (χ1v) is 6.90. The molecule has 0 saturated carbocycles. The summed E-state index contributed by atoms with van der Waals surface area (Å²) in [5.41, 5.74) is 1.66. The summed E-state index contributed by atoms with van der Waals surface area (Å²) < 4.78 is 1.03. The van der Waals surface area contributed by atoms with Gasteiger partial charge in [0.05, 0.1) is 5.56 Å². The van der Waals surface area contributed by atoms with Gasteiger partial charge in [0.15, 0.2) is 0 Å². The summed E-state index contributed by atoms with van der Waals surface area (Å²) in [6.45, 7) is 7.83. The summed E-state index contributed by atoms with van der Waals surface area (Å²) >= 11 is 1.45. The predicted molar refractivity (Wildman–Crippen MR) is 79.5 cm³/mol. The van der Waals surface area contributed by atoms with Crippen LogP contribution in [0.2, 0.25) is 0 Å². The van der Waals surface area contributed by atoms with Gasteiger partial charge in [-0.15, -0.1) is 11.3 Å². The van der Waals surface area contributed by atoms with Gasteiger partial charge in [0.2, 0.25) is 5.91 Å². The van der Waals surface area contributed by atoms with Crippen molar-refractivity contribution in [3.8, 4) is 6.07 Å². The van der Waals surface area contributed by atoms with E-state index in [1.807, 2.05) is 18.2 Å². The molecule has 0 bridgehead atoms. The lowest BCUT2D eigenvalue weighted by Gasteiger charge is -2.20. The molecule has 0 spiro atoms. The predicted octanol–water partition coefficient (Wildman–Crippen LogP) is 4.03. The minimum atomic E-state index is -0.152. The zero-order valence-electron chi connectivity index (χ0n) is 11.5. The van der Waals surface area contributed by atoms with E-state index < -0.39 is 0 Å². The number of carbonyl (C=O) groups is 1. The molecule has 0 radical (unpaired) electrons. The first-order chi connectivity index (χ1) is 8.84. The lowest BCUT2D eigenvalue weighted by atomic mass is 9.84. The molecule has 0 aliphatic heterocycles. The van der Waals surface area contributed by atoms with Crippen LogP contribution in [0, 0.1) is 11.3 Å². The molecule has 2 rings (SSSR count). The molecule has 0 unspecified atom stereocenters. The standard InChI is InChI=1S/C15H16N2OS/c1-9(18)17-14-10(8-16)13-11(15(2,3)4)6-5-7-12(13)19-14/h5-7H,1-4H3,(H,17,18). The van der Waals surface area contributed by atoms with Crippen LogP contribution in [0.25, 0.3) is 10.1 Å². The molecule has 1 aromatic carbocycles. The third-order valence-electron chi connectivity index (χ3n) is 2.92. The number of nitrogens with zero attached hydrogens (tertiary/aromatic N) is 1. The Labute approximate surface area is 116 Å². The van der Waals surface area contributed by atoms with Gasteiger partial charge in [0.1, 0.15) is 11.1 Å². The number of rotatable bonds is 1. The summed E-state index contributed by atoms with van der Waals surface area (Å²) in [5, 5.41) is 13.8. The van der Waals surface area contributed by atoms with Gasteiger partial charge in [0.25, 0.3) is 0 Å². The van der Waals surface area contributed by atoms with Crippen LogP contribution in [0.15, 0.2) is 18.2 Å². The van der Waals surface area contributed by atoms with Gasteiger partial charge in [-0.05, 0) is 17.0 Å². The van der Waals surface area contributed by atoms with Crippen molar-refractivity contribution < 1.29 is 4.79 Å². The molecule has 1 N–H and O–H groups in total. The maximum Gasteiger partial charge on any atom is 0.221 e. The van der Waals surface area contributed by atoms with E-state index in [0.717, 1.165) is 15.6 Å². The second-order valence-corrected chi connectivity index (χ2v) is 6.58. The smallest absolute Gasteiger partial charge is 0.221 e. The van der Waals surface area contributed by atoms with E-state index in [2.05, 4.69) is 32.2 Å². The second-order valence-electron chi connectivity index (χ2n) is 5.53. The van der Waals surface area contributed by atoms with Crippen LogP contribution in [0.4, 0.5) is 5.00 Å². The number of nitrogens with one attached hydrogen (secondary N) is 1. The number of carbonyl (C=O) groups excluding carboxylic acids is 1. The lowest BCUT2D eigenvalue weighted by molar-refractivity contribution is -0.114. The molecule has 1 aromatic heterocycles. The Morgan fingerprint density at radius 2 is 2.05 bits per heavy atom. The van der Waals surface area contributed by atoms with Crippen molar-refractivity contribution in [3.63, 3.8) is 0 Å². The van der Waals surface area contributed by atoms with Crippen molar-refractivity contribution in [2.45, 2.75) is 33.1 Å². The number of nitriles is 1. The van der Waals surface area contributed by atoms with Crippen molar-refractivity contribution in [1.82, 2.24) is 0 Å². The SMILES string of the molecule is CC(=O)Nc1sc2cccc(C(C)(C)C)c2c1C#N. The van der Waals surface area contributed by atoms with E-state index in [-0.39, 0.29) is 11.3 Å². The molecule has 1 amide bonds. The van der Waals surface area contributed by atoms with Crippen molar-refractivity contribution >= 4 is 32.3 Å². The van der Waals surface area contributed by atoms with Crippen LogP contribution in [0.5, 0.6) is 0 Å². The number of hydrogen-bond acceptors (Lipinski definition) is 3. The molecular weight excluding hydrogens is 256 g/mol. The molecule has 3 nitrogen and oxygen atoms in total. The molecular formula is C15H16N2OS. The molecule has 1 heterocycles. The number of benzene rings is 1. The molecule has 2 aromatic rings. The number of thiophene rings is 1. The highest BCUT2D eigenvalue weighted by Gasteiger charge is 2.22. The third-order valence-corrected chi connectivity index (χ3v) is 4.00. The summed E-state index contributed by atoms with van der Waals surface area (Å²) in [6, 6.07) is 8.27. The highest BCUT2D eigenvalue weighted by molar-refractivity contribution is 7.23. The van der Waals surface area contributed by atoms with Gasteiger partial charge in [0, 0.05) is 17.0 Å². The van der Waals surface area contributed by atoms with E-state index >= 15 is 0 Å². The van der Waals surface area contributed by atoms with E-state index in [1.165, 1.54) is 18.3 Å². The Balaban J connectivity index is 2.79. The van der Waals surface area contributed by atoms with Crippen LogP contribution in [0.1, 0.15) is 38.8 Å². The van der Waals surface area contributed by atoms with E-state index in [9.17, 15) is 10.1 Å². The van der Waals surface area contributed by atoms with Gasteiger partial charge in [-0.3, -0.25) is 4.79 Å². The van der Waals surface area contributed by atoms with Crippen LogP contribution in [-0.2, 0) is 10.2 Å². The fraction of sp³-hybridized carbons (Fsp3) is 0.333. The Morgan fingerprint density at radius 3 is 2.58 bits per heavy atom. The Kier molecular flexibility index (Phi) is 3.34. The molecule has 0 saturated heterocycles. The minimum Gasteiger partial charge on any atom is -0.317 e. The number of hydrogen-bond donors (Lipinski definition) is 1. The van der Waals surface area contributed by atoms with Crippen LogP contribution >= 0.6 is 11.3 Å². The summed E-state index contributed by atoms with van der Waals surface area (Å²) in [5.74, 6) is -0.152. The number of fused-ring (bicyclic) bond motifs is 1. The average molecular weight is 272 g/mol. The molecule has 98 valence electrons. The van der Waals surface area contributed by atoms with Gasteiger partial charge >= 0.3 is 0 Å². The zero-order valence-corrected chi connectivity index (χ0v) is 12.3. The Hall–Kier alpha value is -1.86. The molecule has 19 heavy (non-hydrogen) atoms. The van der Waals surface area contributed by atoms with Crippen LogP contribution < -0.4 is 5.32 Å². The first-order valence-electron chi connectivity index (χ1n) is 6.08. The van der Waals surface area contributed by atoms with Crippen LogP contribution in [-0.4, -0.2) is 5.91 Å². The van der Waals surface area contributed by atoms with Crippen molar-refractivity contribution in [2.24, 2.45) is 0 Å². The van der Waals surface area contributed by atoms with Gasteiger partial charge < -0.3 is 5.32 Å². The molecule has 0 aliphatic rings. The van der Waals surface area contributed by atoms with Crippen LogP contribution in [0.3, 0.4) is 0 Å². The first kappa shape index (κ1) is 13.6. The molecule has 0 fully saturated rings. The highest BCUT2D eigenvalue weighted by Crippen LogP contribution is 2.40. The van der Waals surface area contributed by atoms with E-state index in [1.54, 1.807) is 0 Å².